The lowest BCUT2D eigenvalue weighted by atomic mass is 10.2. The van der Waals surface area contributed by atoms with Gasteiger partial charge in [-0.25, -0.2) is 9.59 Å². The van der Waals surface area contributed by atoms with Crippen molar-refractivity contribution < 1.29 is 28.9 Å². The Labute approximate surface area is 104 Å². The molecule has 0 amide bonds. The topological polar surface area (TPSA) is 82.1 Å². The second-order valence-corrected chi connectivity index (χ2v) is 3.46. The van der Waals surface area contributed by atoms with E-state index in [2.05, 4.69) is 4.74 Å². The van der Waals surface area contributed by atoms with Crippen LogP contribution in [0.4, 0.5) is 0 Å². The monoisotopic (exact) mass is 254 g/mol. The summed E-state index contributed by atoms with van der Waals surface area (Å²) in [6, 6.07) is 4.36. The van der Waals surface area contributed by atoms with Gasteiger partial charge in [0, 0.05) is 0 Å². The van der Waals surface area contributed by atoms with Gasteiger partial charge in [0.15, 0.2) is 17.6 Å². The fraction of sp³-hybridized carbons (Fsp3) is 0.333. The molecule has 1 aromatic rings. The average molecular weight is 254 g/mol. The average Bonchev–Trinajstić information content (AvgIpc) is 2.37. The van der Waals surface area contributed by atoms with Gasteiger partial charge in [-0.1, -0.05) is 0 Å². The van der Waals surface area contributed by atoms with Gasteiger partial charge in [-0.05, 0) is 25.1 Å². The van der Waals surface area contributed by atoms with Crippen LogP contribution in [-0.4, -0.2) is 37.4 Å². The molecule has 0 spiro atoms. The van der Waals surface area contributed by atoms with E-state index in [4.69, 9.17) is 14.6 Å². The summed E-state index contributed by atoms with van der Waals surface area (Å²) in [5, 5.41) is 8.75. The fourth-order valence-corrected chi connectivity index (χ4v) is 1.25. The Hall–Kier alpha value is -2.24. The number of ether oxygens (including phenoxy) is 3. The van der Waals surface area contributed by atoms with E-state index >= 15 is 0 Å². The van der Waals surface area contributed by atoms with Gasteiger partial charge < -0.3 is 19.3 Å². The normalized spacial score (nSPS) is 11.5. The smallest absolute Gasteiger partial charge is 0.344 e. The molecule has 0 aliphatic carbocycles. The molecule has 0 aliphatic rings. The van der Waals surface area contributed by atoms with Crippen LogP contribution >= 0.6 is 0 Å². The molecule has 1 atom stereocenters. The number of hydrogen-bond acceptors (Lipinski definition) is 5. The second kappa shape index (κ2) is 5.90. The lowest BCUT2D eigenvalue weighted by molar-refractivity contribution is -0.144. The molecule has 0 unspecified atom stereocenters. The van der Waals surface area contributed by atoms with Crippen molar-refractivity contribution in [2.24, 2.45) is 0 Å². The highest BCUT2D eigenvalue weighted by atomic mass is 16.5. The first-order chi connectivity index (χ1) is 8.49. The van der Waals surface area contributed by atoms with E-state index in [1.54, 1.807) is 0 Å². The maximum Gasteiger partial charge on any atom is 0.344 e. The first-order valence-electron chi connectivity index (χ1n) is 5.15. The van der Waals surface area contributed by atoms with E-state index in [0.717, 1.165) is 0 Å². The minimum absolute atomic E-state index is 0.250. The molecule has 0 saturated carbocycles. The van der Waals surface area contributed by atoms with Crippen LogP contribution in [0.1, 0.15) is 17.3 Å². The SMILES string of the molecule is COC(=O)c1ccc(O[C@@H](C)C(=O)O)c(OC)c1. The van der Waals surface area contributed by atoms with Crippen molar-refractivity contribution in [3.8, 4) is 11.5 Å². The lowest BCUT2D eigenvalue weighted by Gasteiger charge is -2.14. The molecule has 6 nitrogen and oxygen atoms in total. The zero-order valence-electron chi connectivity index (χ0n) is 10.3. The third-order valence-corrected chi connectivity index (χ3v) is 2.24. The summed E-state index contributed by atoms with van der Waals surface area (Å²) in [6.07, 6.45) is -1.01. The number of benzene rings is 1. The van der Waals surface area contributed by atoms with E-state index in [1.165, 1.54) is 39.3 Å². The third kappa shape index (κ3) is 3.13. The molecule has 0 radical (unpaired) electrons. The number of hydrogen-bond donors (Lipinski definition) is 1. The van der Waals surface area contributed by atoms with Crippen molar-refractivity contribution in [1.29, 1.82) is 0 Å². The largest absolute Gasteiger partial charge is 0.493 e. The summed E-state index contributed by atoms with van der Waals surface area (Å²) in [6.45, 7) is 1.40. The number of carboxylic acids is 1. The minimum atomic E-state index is -1.09. The quantitative estimate of drug-likeness (QED) is 0.798. The highest BCUT2D eigenvalue weighted by Gasteiger charge is 2.17. The molecule has 0 aliphatic heterocycles. The van der Waals surface area contributed by atoms with Gasteiger partial charge >= 0.3 is 11.9 Å². The number of carbonyl (C=O) groups excluding carboxylic acids is 1. The highest BCUT2D eigenvalue weighted by Crippen LogP contribution is 2.29. The van der Waals surface area contributed by atoms with Crippen LogP contribution in [0.5, 0.6) is 11.5 Å². The number of carbonyl (C=O) groups is 2. The summed E-state index contributed by atoms with van der Waals surface area (Å²) < 4.78 is 14.8. The molecule has 18 heavy (non-hydrogen) atoms. The van der Waals surface area contributed by atoms with E-state index in [0.29, 0.717) is 5.56 Å². The van der Waals surface area contributed by atoms with E-state index < -0.39 is 18.0 Å². The van der Waals surface area contributed by atoms with Gasteiger partial charge in [-0.2, -0.15) is 0 Å². The molecule has 1 N–H and O–H groups in total. The van der Waals surface area contributed by atoms with Crippen LogP contribution in [0, 0.1) is 0 Å². The Morgan fingerprint density at radius 2 is 1.89 bits per heavy atom. The van der Waals surface area contributed by atoms with Gasteiger partial charge in [-0.15, -0.1) is 0 Å². The molecule has 0 saturated heterocycles. The van der Waals surface area contributed by atoms with Crippen LogP contribution < -0.4 is 9.47 Å². The van der Waals surface area contributed by atoms with Gasteiger partial charge in [0.25, 0.3) is 0 Å². The molecular formula is C12H14O6. The van der Waals surface area contributed by atoms with Crippen LogP contribution in [0.2, 0.25) is 0 Å². The van der Waals surface area contributed by atoms with E-state index in [-0.39, 0.29) is 11.5 Å². The molecule has 98 valence electrons. The molecule has 1 aromatic carbocycles. The summed E-state index contributed by atoms with van der Waals surface area (Å²) in [5.74, 6) is -1.08. The zero-order chi connectivity index (χ0) is 13.7. The summed E-state index contributed by atoms with van der Waals surface area (Å²) in [5.41, 5.74) is 0.296. The summed E-state index contributed by atoms with van der Waals surface area (Å²) in [7, 11) is 2.67. The molecule has 0 aromatic heterocycles. The highest BCUT2D eigenvalue weighted by molar-refractivity contribution is 5.90. The number of carboxylic acid groups (broad SMARTS) is 1. The maximum atomic E-state index is 11.3. The van der Waals surface area contributed by atoms with Crippen molar-refractivity contribution in [1.82, 2.24) is 0 Å². The van der Waals surface area contributed by atoms with Crippen molar-refractivity contribution in [2.75, 3.05) is 14.2 Å². The predicted octanol–water partition coefficient (Wildman–Crippen LogP) is 1.33. The van der Waals surface area contributed by atoms with Crippen LogP contribution in [0.3, 0.4) is 0 Å². The minimum Gasteiger partial charge on any atom is -0.493 e. The summed E-state index contributed by atoms with van der Waals surface area (Å²) >= 11 is 0. The molecular weight excluding hydrogens is 240 g/mol. The van der Waals surface area contributed by atoms with Crippen molar-refractivity contribution in [2.45, 2.75) is 13.0 Å². The molecule has 1 rings (SSSR count). The van der Waals surface area contributed by atoms with E-state index in [9.17, 15) is 9.59 Å². The standard InChI is InChI=1S/C12H14O6/c1-7(11(13)14)18-9-5-4-8(12(15)17-3)6-10(9)16-2/h4-7H,1-3H3,(H,13,14)/t7-/m0/s1. The van der Waals surface area contributed by atoms with Gasteiger partial charge in [0.05, 0.1) is 19.8 Å². The number of methoxy groups -OCH3 is 2. The molecule has 6 heteroatoms. The summed E-state index contributed by atoms with van der Waals surface area (Å²) in [4.78, 5) is 22.0. The van der Waals surface area contributed by atoms with Crippen LogP contribution in [-0.2, 0) is 9.53 Å². The predicted molar refractivity (Wildman–Crippen MR) is 62.1 cm³/mol. The van der Waals surface area contributed by atoms with Gasteiger partial charge in [0.1, 0.15) is 0 Å². The molecule has 0 heterocycles. The Morgan fingerprint density at radius 1 is 1.22 bits per heavy atom. The van der Waals surface area contributed by atoms with Crippen molar-refractivity contribution >= 4 is 11.9 Å². The van der Waals surface area contributed by atoms with Crippen molar-refractivity contribution in [3.05, 3.63) is 23.8 Å². The van der Waals surface area contributed by atoms with Crippen LogP contribution in [0.15, 0.2) is 18.2 Å². The Morgan fingerprint density at radius 3 is 2.39 bits per heavy atom. The molecule has 0 fully saturated rings. The first kappa shape index (κ1) is 13.8. The zero-order valence-corrected chi connectivity index (χ0v) is 10.3. The van der Waals surface area contributed by atoms with Crippen molar-refractivity contribution in [3.63, 3.8) is 0 Å². The Kier molecular flexibility index (Phi) is 4.53. The Bertz CT molecular complexity index is 454. The lowest BCUT2D eigenvalue weighted by Crippen LogP contribution is -2.23. The molecule has 0 bridgehead atoms. The number of esters is 1. The third-order valence-electron chi connectivity index (χ3n) is 2.24. The second-order valence-electron chi connectivity index (χ2n) is 3.46. The number of aliphatic carboxylic acids is 1. The van der Waals surface area contributed by atoms with Crippen LogP contribution in [0.25, 0.3) is 0 Å². The van der Waals surface area contributed by atoms with E-state index in [1.807, 2.05) is 0 Å². The Balaban J connectivity index is 3.00. The fourth-order valence-electron chi connectivity index (χ4n) is 1.25. The van der Waals surface area contributed by atoms with Gasteiger partial charge in [0.2, 0.25) is 0 Å². The van der Waals surface area contributed by atoms with Gasteiger partial charge in [-0.3, -0.25) is 0 Å². The maximum absolute atomic E-state index is 11.3. The number of rotatable bonds is 5. The first-order valence-corrected chi connectivity index (χ1v) is 5.15.